The molecular weight excluding hydrogens is 531 g/mol. The van der Waals surface area contributed by atoms with Crippen molar-refractivity contribution in [3.8, 4) is 6.07 Å². The standard InChI is InChI=1S/C25H29ClN4O2.C6H5Cl/c1-25(32,21-7-5-20(6-8-21)24(31)30-10-2-3-11-30)18-28-12-14-29(15-13-28)23-9-4-19(17-27)16-22(23)26;7-6-4-2-1-3-5-6/h4-9,16,32H,2-3,10-15,18H2,1H3;1-5H/t25-;/m1./s1. The molecule has 39 heavy (non-hydrogen) atoms. The number of anilines is 1. The molecule has 0 radical (unpaired) electrons. The number of hydrogen-bond donors (Lipinski definition) is 1. The summed E-state index contributed by atoms with van der Waals surface area (Å²) in [6.45, 7) is 7.21. The van der Waals surface area contributed by atoms with Crippen molar-refractivity contribution >= 4 is 34.8 Å². The minimum atomic E-state index is -1.01. The van der Waals surface area contributed by atoms with Crippen molar-refractivity contribution in [3.63, 3.8) is 0 Å². The average molecular weight is 566 g/mol. The van der Waals surface area contributed by atoms with E-state index in [1.54, 1.807) is 12.1 Å². The highest BCUT2D eigenvalue weighted by Crippen LogP contribution is 2.29. The monoisotopic (exact) mass is 564 g/mol. The third-order valence-corrected chi connectivity index (χ3v) is 7.76. The van der Waals surface area contributed by atoms with E-state index in [-0.39, 0.29) is 5.91 Å². The van der Waals surface area contributed by atoms with E-state index < -0.39 is 5.60 Å². The van der Waals surface area contributed by atoms with E-state index in [2.05, 4.69) is 15.9 Å². The van der Waals surface area contributed by atoms with Gasteiger partial charge >= 0.3 is 0 Å². The zero-order chi connectivity index (χ0) is 27.8. The first kappa shape index (κ1) is 28.9. The highest BCUT2D eigenvalue weighted by Gasteiger charge is 2.29. The summed E-state index contributed by atoms with van der Waals surface area (Å²) >= 11 is 11.9. The summed E-state index contributed by atoms with van der Waals surface area (Å²) in [5.41, 5.74) is 1.98. The number of nitriles is 1. The van der Waals surface area contributed by atoms with Crippen LogP contribution >= 0.6 is 23.2 Å². The summed E-state index contributed by atoms with van der Waals surface area (Å²) in [6.07, 6.45) is 2.15. The maximum Gasteiger partial charge on any atom is 0.253 e. The van der Waals surface area contributed by atoms with Crippen molar-refractivity contribution in [2.45, 2.75) is 25.4 Å². The third-order valence-electron chi connectivity index (χ3n) is 7.20. The first-order valence-electron chi connectivity index (χ1n) is 13.3. The molecular formula is C31H34Cl2N4O2. The van der Waals surface area contributed by atoms with Crippen LogP contribution in [0, 0.1) is 11.3 Å². The van der Waals surface area contributed by atoms with Gasteiger partial charge in [0, 0.05) is 56.4 Å². The second-order valence-electron chi connectivity index (χ2n) is 10.2. The summed E-state index contributed by atoms with van der Waals surface area (Å²) in [5, 5.41) is 21.6. The molecule has 0 spiro atoms. The molecule has 3 aromatic carbocycles. The molecule has 3 aromatic rings. The van der Waals surface area contributed by atoms with E-state index in [0.717, 1.165) is 68.4 Å². The molecule has 0 saturated carbocycles. The molecule has 6 nitrogen and oxygen atoms in total. The van der Waals surface area contributed by atoms with Crippen LogP contribution in [0.25, 0.3) is 0 Å². The number of aliphatic hydroxyl groups is 1. The van der Waals surface area contributed by atoms with Gasteiger partial charge in [-0.3, -0.25) is 9.69 Å². The van der Waals surface area contributed by atoms with Gasteiger partial charge in [-0.25, -0.2) is 0 Å². The number of rotatable bonds is 5. The van der Waals surface area contributed by atoms with Gasteiger partial charge < -0.3 is 14.9 Å². The lowest BCUT2D eigenvalue weighted by molar-refractivity contribution is 0.0143. The van der Waals surface area contributed by atoms with Gasteiger partial charge in [-0.05, 0) is 67.8 Å². The van der Waals surface area contributed by atoms with E-state index in [0.29, 0.717) is 22.7 Å². The van der Waals surface area contributed by atoms with E-state index in [4.69, 9.17) is 28.5 Å². The molecule has 2 aliphatic heterocycles. The van der Waals surface area contributed by atoms with Gasteiger partial charge in [-0.15, -0.1) is 0 Å². The summed E-state index contributed by atoms with van der Waals surface area (Å²) in [7, 11) is 0. The Morgan fingerprint density at radius 1 is 0.923 bits per heavy atom. The Hall–Kier alpha value is -3.08. The normalized spacial score (nSPS) is 17.1. The zero-order valence-electron chi connectivity index (χ0n) is 22.2. The molecule has 0 bridgehead atoms. The summed E-state index contributed by atoms with van der Waals surface area (Å²) in [4.78, 5) is 18.9. The molecule has 0 aliphatic carbocycles. The first-order valence-corrected chi connectivity index (χ1v) is 14.0. The Kier molecular flexibility index (Phi) is 9.88. The molecule has 0 aromatic heterocycles. The maximum absolute atomic E-state index is 12.6. The Bertz CT molecular complexity index is 1280. The van der Waals surface area contributed by atoms with E-state index in [1.165, 1.54) is 0 Å². The predicted octanol–water partition coefficient (Wildman–Crippen LogP) is 5.82. The predicted molar refractivity (Wildman–Crippen MR) is 157 cm³/mol. The molecule has 2 saturated heterocycles. The molecule has 204 valence electrons. The number of carbonyl (C=O) groups excluding carboxylic acids is 1. The largest absolute Gasteiger partial charge is 0.384 e. The fourth-order valence-corrected chi connectivity index (χ4v) is 5.44. The van der Waals surface area contributed by atoms with Gasteiger partial charge in [0.25, 0.3) is 5.91 Å². The highest BCUT2D eigenvalue weighted by molar-refractivity contribution is 6.33. The number of hydrogen-bond acceptors (Lipinski definition) is 5. The van der Waals surface area contributed by atoms with Crippen LogP contribution in [0.4, 0.5) is 5.69 Å². The summed E-state index contributed by atoms with van der Waals surface area (Å²) in [6, 6.07) is 24.3. The molecule has 2 aliphatic rings. The second kappa shape index (κ2) is 13.3. The van der Waals surface area contributed by atoms with Gasteiger partial charge in [0.1, 0.15) is 0 Å². The van der Waals surface area contributed by atoms with Crippen molar-refractivity contribution in [2.75, 3.05) is 50.7 Å². The molecule has 1 amide bonds. The fraction of sp³-hybridized carbons (Fsp3) is 0.355. The van der Waals surface area contributed by atoms with Gasteiger partial charge in [-0.1, -0.05) is 53.5 Å². The topological polar surface area (TPSA) is 70.8 Å². The lowest BCUT2D eigenvalue weighted by Crippen LogP contribution is -2.50. The number of piperazine rings is 1. The Balaban J connectivity index is 0.000000438. The number of β-amino-alcohol motifs (C(OH)–C–C–N with tert-alkyl or cyclic N) is 1. The summed E-state index contributed by atoms with van der Waals surface area (Å²) < 4.78 is 0. The smallest absolute Gasteiger partial charge is 0.253 e. The molecule has 8 heteroatoms. The van der Waals surface area contributed by atoms with E-state index in [9.17, 15) is 9.90 Å². The van der Waals surface area contributed by atoms with Crippen LogP contribution in [0.15, 0.2) is 72.8 Å². The van der Waals surface area contributed by atoms with Crippen LogP contribution in [0.3, 0.4) is 0 Å². The van der Waals surface area contributed by atoms with Crippen LogP contribution in [0.5, 0.6) is 0 Å². The maximum atomic E-state index is 12.6. The highest BCUT2D eigenvalue weighted by atomic mass is 35.5. The van der Waals surface area contributed by atoms with Crippen molar-refractivity contribution in [2.24, 2.45) is 0 Å². The first-order chi connectivity index (χ1) is 18.8. The number of nitrogens with zero attached hydrogens (tertiary/aromatic N) is 4. The Morgan fingerprint density at radius 2 is 1.56 bits per heavy atom. The van der Waals surface area contributed by atoms with Gasteiger partial charge in [0.05, 0.1) is 27.9 Å². The number of likely N-dealkylation sites (tertiary alicyclic amines) is 1. The quantitative estimate of drug-likeness (QED) is 0.423. The molecule has 2 fully saturated rings. The van der Waals surface area contributed by atoms with Crippen LogP contribution in [0.2, 0.25) is 10.0 Å². The van der Waals surface area contributed by atoms with Crippen molar-refractivity contribution in [1.29, 1.82) is 5.26 Å². The lowest BCUT2D eigenvalue weighted by Gasteiger charge is -2.39. The fourth-order valence-electron chi connectivity index (χ4n) is 5.00. The minimum absolute atomic E-state index is 0.0753. The van der Waals surface area contributed by atoms with E-state index >= 15 is 0 Å². The molecule has 1 N–H and O–H groups in total. The third kappa shape index (κ3) is 7.74. The van der Waals surface area contributed by atoms with Crippen LogP contribution in [-0.4, -0.2) is 66.6 Å². The van der Waals surface area contributed by atoms with Crippen LogP contribution in [-0.2, 0) is 5.60 Å². The van der Waals surface area contributed by atoms with Gasteiger partial charge in [0.15, 0.2) is 0 Å². The average Bonchev–Trinajstić information content (AvgIpc) is 3.49. The molecule has 1 atom stereocenters. The number of carbonyl (C=O) groups is 1. The van der Waals surface area contributed by atoms with Crippen molar-refractivity contribution in [1.82, 2.24) is 9.80 Å². The van der Waals surface area contributed by atoms with Crippen LogP contribution < -0.4 is 4.90 Å². The SMILES string of the molecule is C[C@@](O)(CN1CCN(c2ccc(C#N)cc2Cl)CC1)c1ccc(C(=O)N2CCCC2)cc1.Clc1ccccc1. The lowest BCUT2D eigenvalue weighted by atomic mass is 9.94. The van der Waals surface area contributed by atoms with Crippen molar-refractivity contribution in [3.05, 3.63) is 99.5 Å². The zero-order valence-corrected chi connectivity index (χ0v) is 23.7. The summed E-state index contributed by atoms with van der Waals surface area (Å²) in [5.74, 6) is 0.0753. The number of halogens is 2. The van der Waals surface area contributed by atoms with Crippen LogP contribution in [0.1, 0.15) is 41.3 Å². The van der Waals surface area contributed by atoms with Crippen molar-refractivity contribution < 1.29 is 9.90 Å². The number of benzene rings is 3. The minimum Gasteiger partial charge on any atom is -0.384 e. The Labute approximate surface area is 241 Å². The molecule has 5 rings (SSSR count). The molecule has 0 unspecified atom stereocenters. The second-order valence-corrected chi connectivity index (χ2v) is 11.0. The van der Waals surface area contributed by atoms with Gasteiger partial charge in [0.2, 0.25) is 0 Å². The Morgan fingerprint density at radius 3 is 2.10 bits per heavy atom. The van der Waals surface area contributed by atoms with E-state index in [1.807, 2.05) is 72.5 Å². The number of amides is 1. The molecule has 2 heterocycles. The van der Waals surface area contributed by atoms with Gasteiger partial charge in [-0.2, -0.15) is 5.26 Å².